The Labute approximate surface area is 70.6 Å². The average Bonchev–Trinajstić information content (AvgIpc) is 2.10. The molecule has 0 aliphatic carbocycles. The smallest absolute Gasteiger partial charge is 0.262 e. The fourth-order valence-corrected chi connectivity index (χ4v) is 3.59. The SMILES string of the molecule is C[S+]1CCC(OS(C)(=O)=O)C1. The first-order valence-electron chi connectivity index (χ1n) is 3.45. The zero-order valence-electron chi connectivity index (χ0n) is 6.74. The number of hydrogen-bond acceptors (Lipinski definition) is 3. The van der Waals surface area contributed by atoms with E-state index in [-0.39, 0.29) is 6.10 Å². The van der Waals surface area contributed by atoms with E-state index in [2.05, 4.69) is 6.26 Å². The summed E-state index contributed by atoms with van der Waals surface area (Å²) >= 11 is 0. The lowest BCUT2D eigenvalue weighted by Gasteiger charge is -2.03. The number of hydrogen-bond donors (Lipinski definition) is 0. The van der Waals surface area contributed by atoms with Crippen molar-refractivity contribution in [2.75, 3.05) is 24.0 Å². The van der Waals surface area contributed by atoms with Crippen molar-refractivity contribution in [3.63, 3.8) is 0 Å². The van der Waals surface area contributed by atoms with Crippen LogP contribution in [0.4, 0.5) is 0 Å². The molecule has 0 amide bonds. The first-order valence-corrected chi connectivity index (χ1v) is 7.23. The quantitative estimate of drug-likeness (QED) is 0.462. The fraction of sp³-hybridized carbons (Fsp3) is 1.00. The number of rotatable bonds is 2. The highest BCUT2D eigenvalue weighted by molar-refractivity contribution is 7.96. The van der Waals surface area contributed by atoms with Gasteiger partial charge in [-0.3, -0.25) is 4.18 Å². The molecule has 0 aromatic heterocycles. The fourth-order valence-electron chi connectivity index (χ4n) is 1.14. The van der Waals surface area contributed by atoms with Crippen molar-refractivity contribution in [1.82, 2.24) is 0 Å². The second kappa shape index (κ2) is 3.33. The van der Waals surface area contributed by atoms with Crippen LogP contribution in [0, 0.1) is 0 Å². The Hall–Kier alpha value is 0.260. The second-order valence-corrected chi connectivity index (χ2v) is 6.77. The van der Waals surface area contributed by atoms with Crippen molar-refractivity contribution in [2.24, 2.45) is 0 Å². The van der Waals surface area contributed by atoms with Gasteiger partial charge in [-0.1, -0.05) is 0 Å². The predicted octanol–water partition coefficient (Wildman–Crippen LogP) is -0.0170. The Balaban J connectivity index is 2.41. The minimum absolute atomic E-state index is 0.0432. The van der Waals surface area contributed by atoms with Crippen molar-refractivity contribution < 1.29 is 12.6 Å². The van der Waals surface area contributed by atoms with Crippen molar-refractivity contribution in [3.8, 4) is 0 Å². The molecule has 1 fully saturated rings. The Morgan fingerprint density at radius 3 is 2.55 bits per heavy atom. The lowest BCUT2D eigenvalue weighted by Crippen LogP contribution is -2.18. The van der Waals surface area contributed by atoms with Crippen LogP contribution < -0.4 is 0 Å². The standard InChI is InChI=1S/C6H13O3S2/c1-10-4-3-6(5-10)9-11(2,7)8/h6H,3-5H2,1-2H3/q+1. The topological polar surface area (TPSA) is 43.4 Å². The Morgan fingerprint density at radius 2 is 2.18 bits per heavy atom. The molecule has 5 heteroatoms. The Morgan fingerprint density at radius 1 is 1.55 bits per heavy atom. The molecule has 1 saturated heterocycles. The molecule has 11 heavy (non-hydrogen) atoms. The zero-order valence-corrected chi connectivity index (χ0v) is 8.37. The summed E-state index contributed by atoms with van der Waals surface area (Å²) in [6.07, 6.45) is 4.11. The highest BCUT2D eigenvalue weighted by atomic mass is 32.2. The molecule has 0 aromatic rings. The normalized spacial score (nSPS) is 32.5. The predicted molar refractivity (Wildman–Crippen MR) is 47.4 cm³/mol. The summed E-state index contributed by atoms with van der Waals surface area (Å²) < 4.78 is 26.2. The molecular weight excluding hydrogens is 184 g/mol. The molecule has 0 N–H and O–H groups in total. The maximum atomic E-state index is 10.7. The largest absolute Gasteiger partial charge is 0.264 e. The first kappa shape index (κ1) is 9.35. The zero-order chi connectivity index (χ0) is 8.48. The van der Waals surface area contributed by atoms with Crippen molar-refractivity contribution in [3.05, 3.63) is 0 Å². The molecule has 2 unspecified atom stereocenters. The summed E-state index contributed by atoms with van der Waals surface area (Å²) in [5.41, 5.74) is 0. The van der Waals surface area contributed by atoms with Gasteiger partial charge in [-0.15, -0.1) is 0 Å². The average molecular weight is 197 g/mol. The minimum Gasteiger partial charge on any atom is -0.262 e. The molecule has 1 aliphatic rings. The molecule has 0 radical (unpaired) electrons. The van der Waals surface area contributed by atoms with Crippen LogP contribution in [-0.2, 0) is 25.2 Å². The molecule has 66 valence electrons. The Kier molecular flexibility index (Phi) is 2.83. The van der Waals surface area contributed by atoms with Gasteiger partial charge < -0.3 is 0 Å². The van der Waals surface area contributed by atoms with Gasteiger partial charge in [-0.25, -0.2) is 0 Å². The van der Waals surface area contributed by atoms with Crippen molar-refractivity contribution in [2.45, 2.75) is 12.5 Å². The van der Waals surface area contributed by atoms with E-state index in [0.717, 1.165) is 24.2 Å². The molecule has 3 nitrogen and oxygen atoms in total. The van der Waals surface area contributed by atoms with Crippen LogP contribution in [0.25, 0.3) is 0 Å². The van der Waals surface area contributed by atoms with Gasteiger partial charge in [0.25, 0.3) is 10.1 Å². The Bertz CT molecular complexity index is 222. The van der Waals surface area contributed by atoms with Gasteiger partial charge in [-0.05, 0) is 10.9 Å². The van der Waals surface area contributed by atoms with E-state index in [1.165, 1.54) is 0 Å². The molecular formula is C6H13O3S2+. The third-order valence-electron chi connectivity index (χ3n) is 1.57. The summed E-state index contributed by atoms with van der Waals surface area (Å²) in [6, 6.07) is 0. The highest BCUT2D eigenvalue weighted by Gasteiger charge is 2.31. The maximum Gasteiger partial charge on any atom is 0.264 e. The summed E-state index contributed by atoms with van der Waals surface area (Å²) in [6.45, 7) is 0. The van der Waals surface area contributed by atoms with Crippen LogP contribution in [0.15, 0.2) is 0 Å². The van der Waals surface area contributed by atoms with E-state index in [9.17, 15) is 8.42 Å². The third kappa shape index (κ3) is 3.44. The van der Waals surface area contributed by atoms with Crippen LogP contribution in [0.1, 0.15) is 6.42 Å². The molecule has 1 aliphatic heterocycles. The summed E-state index contributed by atoms with van der Waals surface area (Å²) in [5.74, 6) is 2.02. The van der Waals surface area contributed by atoms with E-state index in [1.807, 2.05) is 0 Å². The third-order valence-corrected chi connectivity index (χ3v) is 4.06. The maximum absolute atomic E-state index is 10.7. The van der Waals surface area contributed by atoms with E-state index < -0.39 is 10.1 Å². The van der Waals surface area contributed by atoms with Crippen molar-refractivity contribution >= 4 is 21.0 Å². The summed E-state index contributed by atoms with van der Waals surface area (Å²) in [4.78, 5) is 0. The molecule has 0 aromatic carbocycles. The van der Waals surface area contributed by atoms with Gasteiger partial charge in [0.1, 0.15) is 17.6 Å². The van der Waals surface area contributed by atoms with Gasteiger partial charge in [-0.2, -0.15) is 8.42 Å². The first-order chi connectivity index (χ1) is 4.97. The monoisotopic (exact) mass is 197 g/mol. The van der Waals surface area contributed by atoms with Crippen LogP contribution >= 0.6 is 0 Å². The van der Waals surface area contributed by atoms with E-state index in [0.29, 0.717) is 10.9 Å². The second-order valence-electron chi connectivity index (χ2n) is 2.86. The molecule has 0 bridgehead atoms. The summed E-state index contributed by atoms with van der Waals surface area (Å²) in [5, 5.41) is 0. The minimum atomic E-state index is -3.23. The van der Waals surface area contributed by atoms with Crippen molar-refractivity contribution in [1.29, 1.82) is 0 Å². The van der Waals surface area contributed by atoms with E-state index in [4.69, 9.17) is 4.18 Å². The van der Waals surface area contributed by atoms with Gasteiger partial charge in [0.15, 0.2) is 0 Å². The van der Waals surface area contributed by atoms with Crippen LogP contribution in [0.3, 0.4) is 0 Å². The lowest BCUT2D eigenvalue weighted by atomic mass is 10.3. The van der Waals surface area contributed by atoms with E-state index >= 15 is 0 Å². The lowest BCUT2D eigenvalue weighted by molar-refractivity contribution is 0.239. The van der Waals surface area contributed by atoms with Crippen LogP contribution in [0.5, 0.6) is 0 Å². The molecule has 0 spiro atoms. The molecule has 1 rings (SSSR count). The van der Waals surface area contributed by atoms with Gasteiger partial charge in [0.2, 0.25) is 0 Å². The molecule has 1 heterocycles. The van der Waals surface area contributed by atoms with Gasteiger partial charge in [0.05, 0.1) is 12.5 Å². The molecule has 2 atom stereocenters. The van der Waals surface area contributed by atoms with Crippen LogP contribution in [-0.4, -0.2) is 38.5 Å². The van der Waals surface area contributed by atoms with Gasteiger partial charge in [0, 0.05) is 6.42 Å². The van der Waals surface area contributed by atoms with E-state index in [1.54, 1.807) is 0 Å². The molecule has 0 saturated carbocycles. The van der Waals surface area contributed by atoms with Crippen LogP contribution in [0.2, 0.25) is 0 Å². The highest BCUT2D eigenvalue weighted by Crippen LogP contribution is 2.16. The van der Waals surface area contributed by atoms with Gasteiger partial charge >= 0.3 is 0 Å². The summed E-state index contributed by atoms with van der Waals surface area (Å²) in [7, 11) is -2.85.